The van der Waals surface area contributed by atoms with Gasteiger partial charge in [-0.1, -0.05) is 23.7 Å². The lowest BCUT2D eigenvalue weighted by Crippen LogP contribution is -2.47. The molecule has 0 radical (unpaired) electrons. The van der Waals surface area contributed by atoms with Crippen LogP contribution in [0, 0.1) is 0 Å². The highest BCUT2D eigenvalue weighted by atomic mass is 35.5. The van der Waals surface area contributed by atoms with E-state index in [4.69, 9.17) is 11.6 Å². The molecule has 4 heteroatoms. The van der Waals surface area contributed by atoms with Gasteiger partial charge in [0.2, 0.25) is 0 Å². The number of likely N-dealkylation sites (N-methyl/N-ethyl adjacent to an activating group) is 2. The first-order valence-electron chi connectivity index (χ1n) is 4.36. The van der Waals surface area contributed by atoms with Crippen LogP contribution < -0.4 is 9.80 Å². The first-order valence-corrected chi connectivity index (χ1v) is 4.80. The van der Waals surface area contributed by atoms with Gasteiger partial charge in [-0.15, -0.1) is 0 Å². The maximum Gasteiger partial charge on any atom is 0.265 e. The van der Waals surface area contributed by atoms with E-state index in [9.17, 15) is 4.79 Å². The van der Waals surface area contributed by atoms with Gasteiger partial charge in [-0.05, 0) is 12.1 Å². The summed E-state index contributed by atoms with van der Waals surface area (Å²) < 4.78 is 0. The van der Waals surface area contributed by atoms with Crippen molar-refractivity contribution in [1.29, 1.82) is 0 Å². The van der Waals surface area contributed by atoms with Crippen molar-refractivity contribution in [3.05, 3.63) is 24.3 Å². The third-order valence-electron chi connectivity index (χ3n) is 2.50. The van der Waals surface area contributed by atoms with Crippen molar-refractivity contribution >= 4 is 28.9 Å². The van der Waals surface area contributed by atoms with E-state index in [1.165, 1.54) is 0 Å². The van der Waals surface area contributed by atoms with Crippen molar-refractivity contribution < 1.29 is 4.79 Å². The van der Waals surface area contributed by atoms with Gasteiger partial charge >= 0.3 is 0 Å². The molecule has 0 N–H and O–H groups in total. The van der Waals surface area contributed by atoms with Gasteiger partial charge in [0.15, 0.2) is 5.50 Å². The number of carbonyl (C=O) groups excluding carboxylic acids is 1. The van der Waals surface area contributed by atoms with Gasteiger partial charge in [-0.25, -0.2) is 0 Å². The molecule has 0 aliphatic carbocycles. The predicted octanol–water partition coefficient (Wildman–Crippen LogP) is 1.66. The summed E-state index contributed by atoms with van der Waals surface area (Å²) in [5.74, 6) is -0.0899. The zero-order chi connectivity index (χ0) is 10.3. The lowest BCUT2D eigenvalue weighted by molar-refractivity contribution is -0.118. The van der Waals surface area contributed by atoms with E-state index in [1.54, 1.807) is 16.8 Å². The van der Waals surface area contributed by atoms with Crippen LogP contribution in [0.2, 0.25) is 0 Å². The summed E-state index contributed by atoms with van der Waals surface area (Å²) in [6, 6.07) is 7.70. The molecule has 2 rings (SSSR count). The molecule has 14 heavy (non-hydrogen) atoms. The van der Waals surface area contributed by atoms with Crippen LogP contribution in [-0.4, -0.2) is 25.5 Å². The third-order valence-corrected chi connectivity index (χ3v) is 2.98. The summed E-state index contributed by atoms with van der Waals surface area (Å²) in [6.45, 7) is 0. The zero-order valence-corrected chi connectivity index (χ0v) is 8.82. The minimum atomic E-state index is -0.602. The molecule has 0 spiro atoms. The molecule has 1 atom stereocenters. The Balaban J connectivity index is 2.56. The molecule has 0 bridgehead atoms. The SMILES string of the molecule is CN1C(=O)C(Cl)N(C)c2ccccc21. The highest BCUT2D eigenvalue weighted by Gasteiger charge is 2.32. The second-order valence-electron chi connectivity index (χ2n) is 3.33. The largest absolute Gasteiger partial charge is 0.349 e. The lowest BCUT2D eigenvalue weighted by atomic mass is 10.2. The second kappa shape index (κ2) is 3.17. The molecular weight excluding hydrogens is 200 g/mol. The Bertz CT molecular complexity index is 380. The molecule has 1 aromatic rings. The third kappa shape index (κ3) is 1.16. The molecule has 0 aromatic heterocycles. The summed E-state index contributed by atoms with van der Waals surface area (Å²) >= 11 is 5.97. The fourth-order valence-corrected chi connectivity index (χ4v) is 1.86. The molecule has 1 aliphatic heterocycles. The molecule has 1 aromatic carbocycles. The predicted molar refractivity (Wildman–Crippen MR) is 57.9 cm³/mol. The van der Waals surface area contributed by atoms with Crippen LogP contribution >= 0.6 is 11.6 Å². The number of carbonyl (C=O) groups is 1. The van der Waals surface area contributed by atoms with Crippen LogP contribution in [0.5, 0.6) is 0 Å². The van der Waals surface area contributed by atoms with Gasteiger partial charge in [0, 0.05) is 14.1 Å². The van der Waals surface area contributed by atoms with Crippen LogP contribution in [0.15, 0.2) is 24.3 Å². The molecule has 74 valence electrons. The first-order chi connectivity index (χ1) is 6.63. The Kier molecular flexibility index (Phi) is 2.11. The monoisotopic (exact) mass is 210 g/mol. The second-order valence-corrected chi connectivity index (χ2v) is 3.75. The van der Waals surface area contributed by atoms with Gasteiger partial charge in [0.05, 0.1) is 11.4 Å². The Morgan fingerprint density at radius 3 is 2.43 bits per heavy atom. The highest BCUT2D eigenvalue weighted by molar-refractivity contribution is 6.35. The summed E-state index contributed by atoms with van der Waals surface area (Å²) in [6.07, 6.45) is 0. The molecular formula is C10H11ClN2O. The molecule has 3 nitrogen and oxygen atoms in total. The van der Waals surface area contributed by atoms with Crippen LogP contribution in [0.1, 0.15) is 0 Å². The van der Waals surface area contributed by atoms with Gasteiger partial charge in [-0.2, -0.15) is 0 Å². The van der Waals surface area contributed by atoms with Gasteiger partial charge < -0.3 is 9.80 Å². The summed E-state index contributed by atoms with van der Waals surface area (Å²) in [7, 11) is 3.56. The van der Waals surface area contributed by atoms with E-state index in [0.29, 0.717) is 0 Å². The number of nitrogens with zero attached hydrogens (tertiary/aromatic N) is 2. The minimum absolute atomic E-state index is 0.0899. The van der Waals surface area contributed by atoms with Crippen molar-refractivity contribution in [2.24, 2.45) is 0 Å². The van der Waals surface area contributed by atoms with Crippen LogP contribution in [0.4, 0.5) is 11.4 Å². The number of benzene rings is 1. The molecule has 0 fully saturated rings. The van der Waals surface area contributed by atoms with Crippen LogP contribution in [0.25, 0.3) is 0 Å². The van der Waals surface area contributed by atoms with E-state index in [2.05, 4.69) is 0 Å². The summed E-state index contributed by atoms with van der Waals surface area (Å²) in [5.41, 5.74) is 1.28. The molecule has 1 heterocycles. The van der Waals surface area contributed by atoms with Gasteiger partial charge in [-0.3, -0.25) is 4.79 Å². The topological polar surface area (TPSA) is 23.6 Å². The minimum Gasteiger partial charge on any atom is -0.349 e. The quantitative estimate of drug-likeness (QED) is 0.480. The summed E-state index contributed by atoms with van der Waals surface area (Å²) in [5, 5.41) is 0. The lowest BCUT2D eigenvalue weighted by Gasteiger charge is -2.36. The molecule has 0 saturated carbocycles. The maximum absolute atomic E-state index is 11.7. The molecule has 1 aliphatic rings. The van der Waals surface area contributed by atoms with E-state index in [0.717, 1.165) is 11.4 Å². The molecule has 1 amide bonds. The van der Waals surface area contributed by atoms with Gasteiger partial charge in [0.25, 0.3) is 5.91 Å². The number of rotatable bonds is 0. The number of anilines is 2. The fraction of sp³-hybridized carbons (Fsp3) is 0.300. The number of hydrogen-bond acceptors (Lipinski definition) is 2. The number of hydrogen-bond donors (Lipinski definition) is 0. The Morgan fingerprint density at radius 2 is 1.79 bits per heavy atom. The van der Waals surface area contributed by atoms with E-state index >= 15 is 0 Å². The average molecular weight is 211 g/mol. The van der Waals surface area contributed by atoms with E-state index in [-0.39, 0.29) is 5.91 Å². The Labute approximate surface area is 87.9 Å². The number of amides is 1. The number of fused-ring (bicyclic) bond motifs is 1. The Hall–Kier alpha value is -1.22. The molecule has 0 saturated heterocycles. The van der Waals surface area contributed by atoms with Crippen molar-refractivity contribution in [2.75, 3.05) is 23.9 Å². The summed E-state index contributed by atoms with van der Waals surface area (Å²) in [4.78, 5) is 15.0. The number of para-hydroxylation sites is 2. The zero-order valence-electron chi connectivity index (χ0n) is 8.07. The number of alkyl halides is 1. The van der Waals surface area contributed by atoms with Crippen molar-refractivity contribution in [2.45, 2.75) is 5.50 Å². The number of halogens is 1. The van der Waals surface area contributed by atoms with E-state index < -0.39 is 5.50 Å². The smallest absolute Gasteiger partial charge is 0.265 e. The van der Waals surface area contributed by atoms with Crippen LogP contribution in [-0.2, 0) is 4.79 Å². The van der Waals surface area contributed by atoms with Crippen molar-refractivity contribution in [3.63, 3.8) is 0 Å². The fourth-order valence-electron chi connectivity index (χ4n) is 1.61. The average Bonchev–Trinajstić information content (AvgIpc) is 2.23. The standard InChI is InChI=1S/C10H11ClN2O/c1-12-7-5-3-4-6-8(7)13(2)10(14)9(12)11/h3-6,9H,1-2H3. The van der Waals surface area contributed by atoms with Crippen LogP contribution in [0.3, 0.4) is 0 Å². The van der Waals surface area contributed by atoms with Gasteiger partial charge in [0.1, 0.15) is 0 Å². The highest BCUT2D eigenvalue weighted by Crippen LogP contribution is 2.34. The first kappa shape index (κ1) is 9.34. The van der Waals surface area contributed by atoms with E-state index in [1.807, 2.05) is 31.3 Å². The Morgan fingerprint density at radius 1 is 1.21 bits per heavy atom. The normalized spacial score (nSPS) is 21.1. The van der Waals surface area contributed by atoms with Crippen molar-refractivity contribution in [3.8, 4) is 0 Å². The molecule has 1 unspecified atom stereocenters. The van der Waals surface area contributed by atoms with Crippen molar-refractivity contribution in [1.82, 2.24) is 0 Å². The maximum atomic E-state index is 11.7.